The molecule has 0 aliphatic heterocycles. The highest BCUT2D eigenvalue weighted by Gasteiger charge is 1.97. The third kappa shape index (κ3) is 10.7. The number of benzene rings is 2. The quantitative estimate of drug-likeness (QED) is 0.192. The molecule has 3 heteroatoms. The van der Waals surface area contributed by atoms with Crippen molar-refractivity contribution in [3.8, 4) is 11.8 Å². The zero-order chi connectivity index (χ0) is 22.2. The van der Waals surface area contributed by atoms with Crippen LogP contribution in [0.3, 0.4) is 0 Å². The molecule has 0 aliphatic rings. The smallest absolute Gasteiger partial charge is 0.330 e. The monoisotopic (exact) mass is 417 g/mol. The highest BCUT2D eigenvalue weighted by molar-refractivity contribution is 5.86. The number of hydrogen-bond acceptors (Lipinski definition) is 3. The van der Waals surface area contributed by atoms with Crippen LogP contribution >= 0.6 is 0 Å². The third-order valence-corrected chi connectivity index (χ3v) is 5.09. The summed E-state index contributed by atoms with van der Waals surface area (Å²) in [6.07, 6.45) is 12.0. The summed E-state index contributed by atoms with van der Waals surface area (Å²) in [6, 6.07) is 16.6. The lowest BCUT2D eigenvalue weighted by molar-refractivity contribution is -0.134. The van der Waals surface area contributed by atoms with Crippen molar-refractivity contribution in [3.05, 3.63) is 76.9 Å². The molecule has 0 spiro atoms. The Kier molecular flexibility index (Phi) is 11.9. The van der Waals surface area contributed by atoms with Crippen LogP contribution < -0.4 is 5.32 Å². The van der Waals surface area contributed by atoms with E-state index in [1.54, 1.807) is 6.08 Å². The molecule has 1 N–H and O–H groups in total. The minimum Gasteiger partial charge on any atom is -0.466 e. The number of rotatable bonds is 12. The Hall–Kier alpha value is -2.83. The van der Waals surface area contributed by atoms with Crippen molar-refractivity contribution in [2.45, 2.75) is 65.0 Å². The molecule has 0 heterocycles. The molecule has 0 bridgehead atoms. The Balaban J connectivity index is 1.67. The van der Waals surface area contributed by atoms with Gasteiger partial charge >= 0.3 is 5.97 Å². The molecule has 2 aromatic rings. The average Bonchev–Trinajstić information content (AvgIpc) is 2.81. The van der Waals surface area contributed by atoms with Gasteiger partial charge in [0.05, 0.1) is 7.11 Å². The van der Waals surface area contributed by atoms with Crippen LogP contribution in [0.1, 0.15) is 74.1 Å². The zero-order valence-corrected chi connectivity index (χ0v) is 19.0. The second-order valence-corrected chi connectivity index (χ2v) is 7.72. The van der Waals surface area contributed by atoms with Crippen LogP contribution in [-0.4, -0.2) is 13.1 Å². The SMILES string of the molecule is CCCCCCCCC#Cc1ccc(CNCc2ccc(C=CC(=O)OC)cc2)cc1. The molecular formula is C28H35NO2. The van der Waals surface area contributed by atoms with Crippen LogP contribution in [0.5, 0.6) is 0 Å². The van der Waals surface area contributed by atoms with E-state index in [0.29, 0.717) is 0 Å². The predicted octanol–water partition coefficient (Wildman–Crippen LogP) is 6.26. The van der Waals surface area contributed by atoms with Gasteiger partial charge in [0.25, 0.3) is 0 Å². The summed E-state index contributed by atoms with van der Waals surface area (Å²) < 4.78 is 4.60. The molecular weight excluding hydrogens is 382 g/mol. The number of carbonyl (C=O) groups excluding carboxylic acids is 1. The molecule has 0 atom stereocenters. The van der Waals surface area contributed by atoms with E-state index in [9.17, 15) is 4.79 Å². The fraction of sp³-hybridized carbons (Fsp3) is 0.393. The van der Waals surface area contributed by atoms with Crippen LogP contribution in [0.2, 0.25) is 0 Å². The molecule has 2 rings (SSSR count). The van der Waals surface area contributed by atoms with Crippen molar-refractivity contribution in [2.24, 2.45) is 0 Å². The van der Waals surface area contributed by atoms with Gasteiger partial charge in [-0.1, -0.05) is 87.3 Å². The van der Waals surface area contributed by atoms with Gasteiger partial charge in [-0.3, -0.25) is 0 Å². The third-order valence-electron chi connectivity index (χ3n) is 5.09. The normalized spacial score (nSPS) is 10.6. The van der Waals surface area contributed by atoms with E-state index in [-0.39, 0.29) is 5.97 Å². The van der Waals surface area contributed by atoms with Crippen molar-refractivity contribution in [1.29, 1.82) is 0 Å². The van der Waals surface area contributed by atoms with Crippen molar-refractivity contribution >= 4 is 12.0 Å². The summed E-state index contributed by atoms with van der Waals surface area (Å²) in [5, 5.41) is 3.47. The van der Waals surface area contributed by atoms with Gasteiger partial charge in [0.2, 0.25) is 0 Å². The van der Waals surface area contributed by atoms with Crippen molar-refractivity contribution < 1.29 is 9.53 Å². The molecule has 3 nitrogen and oxygen atoms in total. The molecule has 0 fully saturated rings. The molecule has 0 saturated carbocycles. The maximum Gasteiger partial charge on any atom is 0.330 e. The van der Waals surface area contributed by atoms with E-state index >= 15 is 0 Å². The molecule has 31 heavy (non-hydrogen) atoms. The summed E-state index contributed by atoms with van der Waals surface area (Å²) in [5.41, 5.74) is 4.51. The minimum atomic E-state index is -0.347. The maximum absolute atomic E-state index is 11.1. The first-order chi connectivity index (χ1) is 15.2. The summed E-state index contributed by atoms with van der Waals surface area (Å²) in [7, 11) is 1.37. The Morgan fingerprint density at radius 1 is 0.903 bits per heavy atom. The fourth-order valence-corrected chi connectivity index (χ4v) is 3.19. The summed E-state index contributed by atoms with van der Waals surface area (Å²) in [5.74, 6) is 6.23. The predicted molar refractivity (Wildman–Crippen MR) is 129 cm³/mol. The summed E-state index contributed by atoms with van der Waals surface area (Å²) in [6.45, 7) is 3.86. The Bertz CT molecular complexity index is 855. The van der Waals surface area contributed by atoms with Crippen LogP contribution in [0, 0.1) is 11.8 Å². The average molecular weight is 418 g/mol. The summed E-state index contributed by atoms with van der Waals surface area (Å²) in [4.78, 5) is 11.1. The van der Waals surface area contributed by atoms with Crippen molar-refractivity contribution in [2.75, 3.05) is 7.11 Å². The topological polar surface area (TPSA) is 38.3 Å². The first-order valence-electron chi connectivity index (χ1n) is 11.3. The van der Waals surface area contributed by atoms with E-state index in [1.807, 2.05) is 12.1 Å². The summed E-state index contributed by atoms with van der Waals surface area (Å²) >= 11 is 0. The number of hydrogen-bond donors (Lipinski definition) is 1. The lowest BCUT2D eigenvalue weighted by atomic mass is 10.1. The van der Waals surface area contributed by atoms with Gasteiger partial charge in [0, 0.05) is 31.1 Å². The van der Waals surface area contributed by atoms with Crippen LogP contribution in [-0.2, 0) is 22.6 Å². The van der Waals surface area contributed by atoms with Gasteiger partial charge in [-0.25, -0.2) is 4.79 Å². The maximum atomic E-state index is 11.1. The van der Waals surface area contributed by atoms with Crippen LogP contribution in [0.4, 0.5) is 0 Å². The first kappa shape index (κ1) is 24.4. The number of nitrogens with one attached hydrogen (secondary N) is 1. The molecule has 0 unspecified atom stereocenters. The lowest BCUT2D eigenvalue weighted by Gasteiger charge is -2.06. The van der Waals surface area contributed by atoms with Gasteiger partial charge in [0.15, 0.2) is 0 Å². The molecule has 0 saturated heterocycles. The highest BCUT2D eigenvalue weighted by Crippen LogP contribution is 2.09. The highest BCUT2D eigenvalue weighted by atomic mass is 16.5. The second kappa shape index (κ2) is 15.0. The van der Waals surface area contributed by atoms with Crippen molar-refractivity contribution in [3.63, 3.8) is 0 Å². The van der Waals surface area contributed by atoms with Gasteiger partial charge in [-0.2, -0.15) is 0 Å². The Morgan fingerprint density at radius 3 is 2.16 bits per heavy atom. The minimum absolute atomic E-state index is 0.347. The van der Waals surface area contributed by atoms with E-state index in [1.165, 1.54) is 62.8 Å². The fourth-order valence-electron chi connectivity index (χ4n) is 3.19. The number of methoxy groups -OCH3 is 1. The molecule has 0 aliphatic carbocycles. The first-order valence-corrected chi connectivity index (χ1v) is 11.3. The van der Waals surface area contributed by atoms with E-state index < -0.39 is 0 Å². The van der Waals surface area contributed by atoms with Gasteiger partial charge in [-0.05, 0) is 41.3 Å². The Labute approximate surface area is 187 Å². The molecule has 0 amide bonds. The van der Waals surface area contributed by atoms with Gasteiger partial charge < -0.3 is 10.1 Å². The number of ether oxygens (including phenoxy) is 1. The zero-order valence-electron chi connectivity index (χ0n) is 19.0. The van der Waals surface area contributed by atoms with Gasteiger partial charge in [-0.15, -0.1) is 0 Å². The largest absolute Gasteiger partial charge is 0.466 e. The van der Waals surface area contributed by atoms with E-state index in [0.717, 1.165) is 30.6 Å². The van der Waals surface area contributed by atoms with Crippen LogP contribution in [0.25, 0.3) is 6.08 Å². The number of esters is 1. The Morgan fingerprint density at radius 2 is 1.52 bits per heavy atom. The van der Waals surface area contributed by atoms with E-state index in [2.05, 4.69) is 65.2 Å². The molecule has 0 radical (unpaired) electrons. The second-order valence-electron chi connectivity index (χ2n) is 7.72. The number of unbranched alkanes of at least 4 members (excludes halogenated alkanes) is 6. The number of carbonyl (C=O) groups is 1. The van der Waals surface area contributed by atoms with Crippen molar-refractivity contribution in [1.82, 2.24) is 5.32 Å². The van der Waals surface area contributed by atoms with Gasteiger partial charge in [0.1, 0.15) is 0 Å². The molecule has 164 valence electrons. The van der Waals surface area contributed by atoms with E-state index in [4.69, 9.17) is 0 Å². The molecule has 0 aromatic heterocycles. The standard InChI is InChI=1S/C28H35NO2/c1-3-4-5-6-7-8-9-10-11-24-12-16-26(17-13-24)22-29-23-27-18-14-25(15-19-27)20-21-28(30)31-2/h12-21,29H,3-9,22-23H2,1-2H3. The lowest BCUT2D eigenvalue weighted by Crippen LogP contribution is -2.12. The van der Waals surface area contributed by atoms with Crippen LogP contribution in [0.15, 0.2) is 54.6 Å². The molecule has 2 aromatic carbocycles.